The van der Waals surface area contributed by atoms with E-state index in [0.717, 1.165) is 12.8 Å². The van der Waals surface area contributed by atoms with Crippen LogP contribution in [-0.4, -0.2) is 26.2 Å². The van der Waals surface area contributed by atoms with Crippen LogP contribution in [0.25, 0.3) is 0 Å². The quantitative estimate of drug-likeness (QED) is 0.752. The minimum Gasteiger partial charge on any atom is -0.491 e. The van der Waals surface area contributed by atoms with Crippen LogP contribution in [0.15, 0.2) is 48.5 Å². The second-order valence-corrected chi connectivity index (χ2v) is 6.59. The molecule has 138 valence electrons. The van der Waals surface area contributed by atoms with Crippen molar-refractivity contribution in [2.45, 2.75) is 31.1 Å². The number of ether oxygens (including phenoxy) is 2. The number of rotatable bonds is 7. The van der Waals surface area contributed by atoms with E-state index in [4.69, 9.17) is 9.47 Å². The summed E-state index contributed by atoms with van der Waals surface area (Å²) in [5.41, 5.74) is 0.380. The van der Waals surface area contributed by atoms with Gasteiger partial charge in [0.05, 0.1) is 12.0 Å². The predicted molar refractivity (Wildman–Crippen MR) is 99.0 cm³/mol. The molecule has 1 amide bonds. The summed E-state index contributed by atoms with van der Waals surface area (Å²) in [6.45, 7) is 0.988. The molecule has 0 aliphatic heterocycles. The maximum atomic E-state index is 14.4. The van der Waals surface area contributed by atoms with Crippen molar-refractivity contribution < 1.29 is 18.7 Å². The van der Waals surface area contributed by atoms with E-state index >= 15 is 0 Å². The molecule has 1 fully saturated rings. The number of methoxy groups -OCH3 is 1. The van der Waals surface area contributed by atoms with E-state index in [0.29, 0.717) is 43.1 Å². The molecule has 26 heavy (non-hydrogen) atoms. The molecule has 4 nitrogen and oxygen atoms in total. The van der Waals surface area contributed by atoms with Crippen LogP contribution in [-0.2, 0) is 14.9 Å². The number of carbonyl (C=O) groups excluding carboxylic acids is 1. The summed E-state index contributed by atoms with van der Waals surface area (Å²) in [6.07, 6.45) is 3.18. The van der Waals surface area contributed by atoms with Gasteiger partial charge in [0, 0.05) is 18.4 Å². The van der Waals surface area contributed by atoms with Gasteiger partial charge in [-0.15, -0.1) is 0 Å². The number of amides is 1. The average Bonchev–Trinajstić information content (AvgIpc) is 3.15. The highest BCUT2D eigenvalue weighted by Crippen LogP contribution is 2.43. The van der Waals surface area contributed by atoms with Crippen LogP contribution in [0.2, 0.25) is 0 Å². The number of hydrogen-bond acceptors (Lipinski definition) is 3. The second-order valence-electron chi connectivity index (χ2n) is 6.59. The van der Waals surface area contributed by atoms with Gasteiger partial charge in [-0.1, -0.05) is 31.0 Å². The molecule has 2 aromatic carbocycles. The molecule has 1 N–H and O–H groups in total. The summed E-state index contributed by atoms with van der Waals surface area (Å²) >= 11 is 0. The third-order valence-electron chi connectivity index (χ3n) is 4.95. The molecule has 0 saturated heterocycles. The molecule has 2 aromatic rings. The number of carbonyl (C=O) groups is 1. The number of halogens is 1. The Morgan fingerprint density at radius 1 is 1.08 bits per heavy atom. The summed E-state index contributed by atoms with van der Waals surface area (Å²) < 4.78 is 24.9. The SMILES string of the molecule is COCCOc1ccc(NC(=O)C2(c3ccccc3F)CCCC2)cc1. The molecule has 0 spiro atoms. The van der Waals surface area contributed by atoms with Gasteiger partial charge < -0.3 is 14.8 Å². The fourth-order valence-electron chi connectivity index (χ4n) is 3.57. The molecule has 0 unspecified atom stereocenters. The fourth-order valence-corrected chi connectivity index (χ4v) is 3.57. The minimum atomic E-state index is -0.793. The number of hydrogen-bond donors (Lipinski definition) is 1. The maximum absolute atomic E-state index is 14.4. The van der Waals surface area contributed by atoms with Gasteiger partial charge in [-0.3, -0.25) is 4.79 Å². The molecule has 5 heteroatoms. The smallest absolute Gasteiger partial charge is 0.235 e. The molecule has 0 aromatic heterocycles. The Bertz CT molecular complexity index is 739. The van der Waals surface area contributed by atoms with Crippen LogP contribution < -0.4 is 10.1 Å². The van der Waals surface area contributed by atoms with Gasteiger partial charge in [-0.2, -0.15) is 0 Å². The predicted octanol–water partition coefficient (Wildman–Crippen LogP) is 4.30. The number of anilines is 1. The van der Waals surface area contributed by atoms with Crippen molar-refractivity contribution in [3.05, 3.63) is 59.9 Å². The Kier molecular flexibility index (Phi) is 5.89. The molecular formula is C21H24FNO3. The molecule has 1 saturated carbocycles. The highest BCUT2D eigenvalue weighted by Gasteiger charge is 2.44. The zero-order valence-corrected chi connectivity index (χ0v) is 15.0. The van der Waals surface area contributed by atoms with Crippen LogP contribution in [0.3, 0.4) is 0 Å². The van der Waals surface area contributed by atoms with Crippen molar-refractivity contribution in [3.8, 4) is 5.75 Å². The lowest BCUT2D eigenvalue weighted by molar-refractivity contribution is -0.121. The minimum absolute atomic E-state index is 0.145. The molecule has 0 heterocycles. The van der Waals surface area contributed by atoms with E-state index in [2.05, 4.69) is 5.32 Å². The number of nitrogens with one attached hydrogen (secondary N) is 1. The van der Waals surface area contributed by atoms with Crippen LogP contribution in [0.1, 0.15) is 31.2 Å². The van der Waals surface area contributed by atoms with Gasteiger partial charge in [0.15, 0.2) is 0 Å². The first-order chi connectivity index (χ1) is 12.7. The Balaban J connectivity index is 1.74. The van der Waals surface area contributed by atoms with E-state index in [9.17, 15) is 9.18 Å². The molecule has 0 atom stereocenters. The number of benzene rings is 2. The van der Waals surface area contributed by atoms with Crippen LogP contribution in [0, 0.1) is 5.82 Å². The summed E-state index contributed by atoms with van der Waals surface area (Å²) in [4.78, 5) is 13.1. The van der Waals surface area contributed by atoms with Crippen molar-refractivity contribution in [1.29, 1.82) is 0 Å². The van der Waals surface area contributed by atoms with Crippen molar-refractivity contribution in [3.63, 3.8) is 0 Å². The molecule has 0 bridgehead atoms. The monoisotopic (exact) mass is 357 g/mol. The molecule has 1 aliphatic carbocycles. The van der Waals surface area contributed by atoms with E-state index in [-0.39, 0.29) is 11.7 Å². The topological polar surface area (TPSA) is 47.6 Å². The van der Waals surface area contributed by atoms with E-state index < -0.39 is 5.41 Å². The fraction of sp³-hybridized carbons (Fsp3) is 0.381. The average molecular weight is 357 g/mol. The zero-order chi connectivity index (χ0) is 18.4. The third-order valence-corrected chi connectivity index (χ3v) is 4.95. The van der Waals surface area contributed by atoms with Crippen molar-refractivity contribution >= 4 is 11.6 Å². The Labute approximate surface area is 153 Å². The van der Waals surface area contributed by atoms with Crippen LogP contribution in [0.4, 0.5) is 10.1 Å². The van der Waals surface area contributed by atoms with E-state index in [1.165, 1.54) is 6.07 Å². The highest BCUT2D eigenvalue weighted by atomic mass is 19.1. The standard InChI is InChI=1S/C21H24FNO3/c1-25-14-15-26-17-10-8-16(9-11-17)23-20(24)21(12-4-5-13-21)18-6-2-3-7-19(18)22/h2-3,6-11H,4-5,12-15H2,1H3,(H,23,24). The van der Waals surface area contributed by atoms with Crippen molar-refractivity contribution in [1.82, 2.24) is 0 Å². The van der Waals surface area contributed by atoms with Crippen molar-refractivity contribution in [2.24, 2.45) is 0 Å². The largest absolute Gasteiger partial charge is 0.491 e. The lowest BCUT2D eigenvalue weighted by Crippen LogP contribution is -2.38. The van der Waals surface area contributed by atoms with Gasteiger partial charge in [-0.25, -0.2) is 4.39 Å². The second kappa shape index (κ2) is 8.32. The molecule has 0 radical (unpaired) electrons. The van der Waals surface area contributed by atoms with Gasteiger partial charge in [0.25, 0.3) is 0 Å². The maximum Gasteiger partial charge on any atom is 0.235 e. The van der Waals surface area contributed by atoms with Crippen molar-refractivity contribution in [2.75, 3.05) is 25.6 Å². The van der Waals surface area contributed by atoms with Gasteiger partial charge in [-0.05, 0) is 43.2 Å². The molecule has 1 aliphatic rings. The zero-order valence-electron chi connectivity index (χ0n) is 15.0. The van der Waals surface area contributed by atoms with Gasteiger partial charge >= 0.3 is 0 Å². The van der Waals surface area contributed by atoms with Crippen LogP contribution in [0.5, 0.6) is 5.75 Å². The molecule has 3 rings (SSSR count). The lowest BCUT2D eigenvalue weighted by Gasteiger charge is -2.28. The van der Waals surface area contributed by atoms with Gasteiger partial charge in [0.2, 0.25) is 5.91 Å². The summed E-state index contributed by atoms with van der Waals surface area (Å²) in [6, 6.07) is 13.8. The lowest BCUT2D eigenvalue weighted by atomic mass is 9.77. The van der Waals surface area contributed by atoms with Crippen LogP contribution >= 0.6 is 0 Å². The first-order valence-electron chi connectivity index (χ1n) is 8.94. The van der Waals surface area contributed by atoms with E-state index in [1.54, 1.807) is 49.6 Å². The Morgan fingerprint density at radius 2 is 1.77 bits per heavy atom. The summed E-state index contributed by atoms with van der Waals surface area (Å²) in [7, 11) is 1.62. The third kappa shape index (κ3) is 3.88. The summed E-state index contributed by atoms with van der Waals surface area (Å²) in [5.74, 6) is 0.254. The van der Waals surface area contributed by atoms with E-state index in [1.807, 2.05) is 0 Å². The Morgan fingerprint density at radius 3 is 2.42 bits per heavy atom. The van der Waals surface area contributed by atoms with Gasteiger partial charge in [0.1, 0.15) is 18.2 Å². The molecular weight excluding hydrogens is 333 g/mol. The first kappa shape index (κ1) is 18.4. The Hall–Kier alpha value is -2.40. The first-order valence-corrected chi connectivity index (χ1v) is 8.94. The normalized spacial score (nSPS) is 15.6. The summed E-state index contributed by atoms with van der Waals surface area (Å²) in [5, 5.41) is 2.96. The highest BCUT2D eigenvalue weighted by molar-refractivity contribution is 5.99.